The predicted octanol–water partition coefficient (Wildman–Crippen LogP) is 5.12. The average molecular weight is 457 g/mol. The van der Waals surface area contributed by atoms with Gasteiger partial charge in [0.2, 0.25) is 0 Å². The van der Waals surface area contributed by atoms with Gasteiger partial charge in [-0.05, 0) is 35.9 Å². The van der Waals surface area contributed by atoms with Crippen LogP contribution < -0.4 is 0 Å². The molecule has 0 aromatic heterocycles. The van der Waals surface area contributed by atoms with E-state index in [1.807, 2.05) is 0 Å². The molecule has 0 saturated carbocycles. The van der Waals surface area contributed by atoms with Gasteiger partial charge in [-0.25, -0.2) is 0 Å². The number of alkyl halides is 3. The van der Waals surface area contributed by atoms with Gasteiger partial charge >= 0.3 is 15.6 Å². The van der Waals surface area contributed by atoms with Gasteiger partial charge in [-0.1, -0.05) is 57.2 Å². The van der Waals surface area contributed by atoms with Crippen LogP contribution in [0.3, 0.4) is 0 Å². The number of imide groups is 1. The average Bonchev–Trinajstić information content (AvgIpc) is 2.71. The van der Waals surface area contributed by atoms with Gasteiger partial charge < -0.3 is 0 Å². The van der Waals surface area contributed by atoms with E-state index in [1.165, 1.54) is 31.0 Å². The number of nitrogens with zero attached hydrogens (tertiary/aromatic N) is 1. The first-order valence-electron chi connectivity index (χ1n) is 10.0. The maximum atomic E-state index is 12.7. The Morgan fingerprint density at radius 2 is 1.52 bits per heavy atom. The molecule has 0 aliphatic carbocycles. The van der Waals surface area contributed by atoms with Gasteiger partial charge in [0.25, 0.3) is 11.8 Å². The topological polar surface area (TPSA) is 80.8 Å². The summed E-state index contributed by atoms with van der Waals surface area (Å²) in [5.41, 5.74) is -5.04. The Bertz CT molecular complexity index is 1090. The third-order valence-corrected chi connectivity index (χ3v) is 6.13. The lowest BCUT2D eigenvalue weighted by molar-refractivity contribution is -0.0761. The zero-order chi connectivity index (χ0) is 22.8. The summed E-state index contributed by atoms with van der Waals surface area (Å²) < 4.78 is 64.6. The summed E-state index contributed by atoms with van der Waals surface area (Å²) in [7, 11) is -6.18. The summed E-state index contributed by atoms with van der Waals surface area (Å²) in [5, 5.41) is 0.599. The van der Waals surface area contributed by atoms with Gasteiger partial charge in [-0.3, -0.25) is 9.59 Å². The van der Waals surface area contributed by atoms with Crippen LogP contribution in [0.2, 0.25) is 0 Å². The Balaban J connectivity index is 1.90. The first-order valence-corrected chi connectivity index (χ1v) is 11.4. The van der Waals surface area contributed by atoms with E-state index in [0.29, 0.717) is 10.8 Å². The summed E-state index contributed by atoms with van der Waals surface area (Å²) in [6.07, 6.45) is 7.31. The minimum absolute atomic E-state index is 0.0886. The number of aryl methyl sites for hydroxylation is 1. The molecule has 0 radical (unpaired) electrons. The second-order valence-electron chi connectivity index (χ2n) is 7.40. The van der Waals surface area contributed by atoms with E-state index in [1.54, 1.807) is 12.1 Å². The van der Waals surface area contributed by atoms with Crippen molar-refractivity contribution in [2.75, 3.05) is 0 Å². The highest BCUT2D eigenvalue weighted by Gasteiger charge is 2.51. The molecule has 10 heteroatoms. The highest BCUT2D eigenvalue weighted by Crippen LogP contribution is 2.35. The van der Waals surface area contributed by atoms with Crippen molar-refractivity contribution in [1.82, 2.24) is 5.06 Å². The van der Waals surface area contributed by atoms with Crippen molar-refractivity contribution in [2.24, 2.45) is 0 Å². The Labute approximate surface area is 178 Å². The van der Waals surface area contributed by atoms with E-state index in [0.717, 1.165) is 37.7 Å². The normalized spacial score (nSPS) is 14.5. The van der Waals surface area contributed by atoms with Gasteiger partial charge in [0.15, 0.2) is 0 Å². The number of amides is 2. The minimum atomic E-state index is -6.18. The van der Waals surface area contributed by atoms with Crippen LogP contribution in [0.15, 0.2) is 30.3 Å². The van der Waals surface area contributed by atoms with E-state index in [4.69, 9.17) is 0 Å². The summed E-state index contributed by atoms with van der Waals surface area (Å²) in [6.45, 7) is 2.14. The molecule has 1 aliphatic rings. The molecule has 0 bridgehead atoms. The van der Waals surface area contributed by atoms with Crippen LogP contribution in [-0.4, -0.2) is 30.8 Å². The summed E-state index contributed by atoms with van der Waals surface area (Å²) in [4.78, 5) is 25.3. The molecule has 2 aromatic rings. The highest BCUT2D eigenvalue weighted by atomic mass is 32.2. The molecule has 2 aromatic carbocycles. The van der Waals surface area contributed by atoms with Crippen LogP contribution >= 0.6 is 0 Å². The van der Waals surface area contributed by atoms with Gasteiger partial charge in [0.05, 0.1) is 11.1 Å². The van der Waals surface area contributed by atoms with Crippen LogP contribution in [0.5, 0.6) is 0 Å². The maximum absolute atomic E-state index is 12.7. The van der Waals surface area contributed by atoms with Gasteiger partial charge in [-0.15, -0.1) is 9.35 Å². The number of hydrogen-bond donors (Lipinski definition) is 0. The Morgan fingerprint density at radius 3 is 2.16 bits per heavy atom. The lowest BCUT2D eigenvalue weighted by atomic mass is 9.90. The Morgan fingerprint density at radius 1 is 0.903 bits per heavy atom. The second kappa shape index (κ2) is 8.96. The molecule has 0 fully saturated rings. The van der Waals surface area contributed by atoms with E-state index in [2.05, 4.69) is 11.2 Å². The summed E-state index contributed by atoms with van der Waals surface area (Å²) in [5.74, 6) is -2.51. The molecule has 31 heavy (non-hydrogen) atoms. The molecule has 168 valence electrons. The summed E-state index contributed by atoms with van der Waals surface area (Å²) in [6, 6.07) is 7.67. The number of unbranched alkanes of at least 4 members (excludes halogenated alkanes) is 5. The quantitative estimate of drug-likeness (QED) is 0.297. The van der Waals surface area contributed by atoms with Crippen LogP contribution in [0.25, 0.3) is 10.8 Å². The van der Waals surface area contributed by atoms with Crippen molar-refractivity contribution in [3.05, 3.63) is 47.0 Å². The maximum Gasteiger partial charge on any atom is 0.525 e. The van der Waals surface area contributed by atoms with E-state index in [-0.39, 0.29) is 16.2 Å². The molecular formula is C21H22F3NO5S. The second-order valence-corrected chi connectivity index (χ2v) is 8.92. The molecule has 0 N–H and O–H groups in total. The van der Waals surface area contributed by atoms with Crippen molar-refractivity contribution < 1.29 is 35.5 Å². The molecule has 0 saturated heterocycles. The summed E-state index contributed by atoms with van der Waals surface area (Å²) >= 11 is 0. The number of hydroxylamine groups is 2. The van der Waals surface area contributed by atoms with Crippen molar-refractivity contribution in [3.8, 4) is 0 Å². The number of benzene rings is 2. The largest absolute Gasteiger partial charge is 0.525 e. The molecule has 1 aliphatic heterocycles. The molecule has 2 amide bonds. The first-order chi connectivity index (χ1) is 14.6. The van der Waals surface area contributed by atoms with E-state index < -0.39 is 27.4 Å². The first kappa shape index (κ1) is 23.2. The third kappa shape index (κ3) is 4.59. The smallest absolute Gasteiger partial charge is 0.266 e. The number of halogens is 3. The Kier molecular flexibility index (Phi) is 6.70. The van der Waals surface area contributed by atoms with Gasteiger partial charge in [0.1, 0.15) is 0 Å². The molecule has 1 heterocycles. The SMILES string of the molecule is CCCCCCCCc1ccc2c3c(cccc13)C(=O)N(OS(=O)(=O)C(F)(F)F)C2=O. The molecule has 3 rings (SSSR count). The standard InChI is InChI=1S/C21H22F3NO5S/c1-2-3-4-5-6-7-9-14-12-13-17-18-15(14)10-8-11-16(18)19(26)25(20(17)27)30-31(28,29)21(22,23)24/h8,10-13H,2-7,9H2,1H3. The number of carbonyl (C=O) groups is 2. The lowest BCUT2D eigenvalue weighted by Gasteiger charge is -2.26. The Hall–Kier alpha value is -2.46. The van der Waals surface area contributed by atoms with Crippen molar-refractivity contribution in [3.63, 3.8) is 0 Å². The zero-order valence-electron chi connectivity index (χ0n) is 16.9. The third-order valence-electron chi connectivity index (χ3n) is 5.22. The van der Waals surface area contributed by atoms with Crippen LogP contribution in [0, 0.1) is 0 Å². The predicted molar refractivity (Wildman–Crippen MR) is 108 cm³/mol. The van der Waals surface area contributed by atoms with E-state index >= 15 is 0 Å². The number of carbonyl (C=O) groups excluding carboxylic acids is 2. The fraction of sp³-hybridized carbons (Fsp3) is 0.429. The van der Waals surface area contributed by atoms with Crippen LogP contribution in [0.1, 0.15) is 71.7 Å². The van der Waals surface area contributed by atoms with Gasteiger partial charge in [0, 0.05) is 5.39 Å². The molecule has 0 atom stereocenters. The fourth-order valence-electron chi connectivity index (χ4n) is 3.66. The van der Waals surface area contributed by atoms with Crippen LogP contribution in [-0.2, 0) is 20.8 Å². The molecule has 0 unspecified atom stereocenters. The molecular weight excluding hydrogens is 435 g/mol. The lowest BCUT2D eigenvalue weighted by Crippen LogP contribution is -2.44. The van der Waals surface area contributed by atoms with Crippen molar-refractivity contribution >= 4 is 32.7 Å². The fourth-order valence-corrected chi connectivity index (χ4v) is 4.07. The number of rotatable bonds is 9. The zero-order valence-corrected chi connectivity index (χ0v) is 17.7. The molecule has 0 spiro atoms. The van der Waals surface area contributed by atoms with Crippen LogP contribution in [0.4, 0.5) is 13.2 Å². The highest BCUT2D eigenvalue weighted by molar-refractivity contribution is 7.87. The minimum Gasteiger partial charge on any atom is -0.266 e. The van der Waals surface area contributed by atoms with Crippen molar-refractivity contribution in [1.29, 1.82) is 0 Å². The van der Waals surface area contributed by atoms with Crippen molar-refractivity contribution in [2.45, 2.75) is 57.4 Å². The number of hydrogen-bond acceptors (Lipinski definition) is 5. The molecule has 6 nitrogen and oxygen atoms in total. The monoisotopic (exact) mass is 457 g/mol. The van der Waals surface area contributed by atoms with Gasteiger partial charge in [-0.2, -0.15) is 21.6 Å². The van der Waals surface area contributed by atoms with E-state index in [9.17, 15) is 31.2 Å².